The van der Waals surface area contributed by atoms with Crippen LogP contribution in [0.2, 0.25) is 0 Å². The van der Waals surface area contributed by atoms with E-state index < -0.39 is 30.5 Å². The quantitative estimate of drug-likeness (QED) is 0.738. The first-order valence-corrected chi connectivity index (χ1v) is 9.38. The van der Waals surface area contributed by atoms with Gasteiger partial charge in [-0.15, -0.1) is 0 Å². The molecule has 0 bridgehead atoms. The van der Waals surface area contributed by atoms with E-state index in [9.17, 15) is 14.4 Å². The Hall–Kier alpha value is -3.69. The molecule has 30 heavy (non-hydrogen) atoms. The average molecular weight is 412 g/mol. The number of rotatable bonds is 5. The minimum absolute atomic E-state index is 0.299. The number of ether oxygens (including phenoxy) is 1. The van der Waals surface area contributed by atoms with Crippen molar-refractivity contribution in [3.63, 3.8) is 0 Å². The third kappa shape index (κ3) is 2.83. The summed E-state index contributed by atoms with van der Waals surface area (Å²) >= 11 is 0. The number of methoxy groups -OCH3 is 1. The molecule has 4 rings (SSSR count). The molecule has 1 fully saturated rings. The van der Waals surface area contributed by atoms with E-state index in [1.165, 1.54) is 11.9 Å². The Morgan fingerprint density at radius 1 is 1.23 bits per heavy atom. The Bertz CT molecular complexity index is 1100. The minimum atomic E-state index is -1.25. The van der Waals surface area contributed by atoms with Crippen molar-refractivity contribution in [1.82, 2.24) is 14.4 Å². The molecular weight excluding hydrogens is 390 g/mol. The molecule has 1 N–H and O–H groups in total. The van der Waals surface area contributed by atoms with Crippen molar-refractivity contribution in [2.45, 2.75) is 26.4 Å². The van der Waals surface area contributed by atoms with Crippen molar-refractivity contribution in [2.24, 2.45) is 4.99 Å². The Balaban J connectivity index is 1.77. The largest absolute Gasteiger partial charge is 0.497 e. The lowest BCUT2D eigenvalue weighted by Crippen LogP contribution is -2.58. The molecule has 1 aromatic carbocycles. The van der Waals surface area contributed by atoms with Gasteiger partial charge in [-0.05, 0) is 31.5 Å². The first kappa shape index (κ1) is 19.6. The van der Waals surface area contributed by atoms with Gasteiger partial charge in [0.2, 0.25) is 11.9 Å². The van der Waals surface area contributed by atoms with Gasteiger partial charge in [0.15, 0.2) is 0 Å². The summed E-state index contributed by atoms with van der Waals surface area (Å²) in [5.41, 5.74) is 2.78. The molecule has 1 saturated heterocycles. The zero-order chi connectivity index (χ0) is 21.7. The number of aromatic nitrogens is 2. The van der Waals surface area contributed by atoms with Gasteiger partial charge in [-0.2, -0.15) is 0 Å². The zero-order valence-electron chi connectivity index (χ0n) is 17.1. The number of carbonyl (C=O) groups excluding carboxylic acids is 2. The summed E-state index contributed by atoms with van der Waals surface area (Å²) in [6, 6.07) is 6.10. The van der Waals surface area contributed by atoms with E-state index in [0.717, 1.165) is 27.6 Å². The zero-order valence-corrected chi connectivity index (χ0v) is 17.1. The van der Waals surface area contributed by atoms with Gasteiger partial charge in [0.25, 0.3) is 5.91 Å². The highest BCUT2D eigenvalue weighted by atomic mass is 16.5. The maximum absolute atomic E-state index is 13.1. The van der Waals surface area contributed by atoms with E-state index in [4.69, 9.17) is 9.84 Å². The second-order valence-electron chi connectivity index (χ2n) is 7.31. The molecule has 10 nitrogen and oxygen atoms in total. The Labute approximate surface area is 172 Å². The van der Waals surface area contributed by atoms with Crippen molar-refractivity contribution < 1.29 is 28.8 Å². The number of carboxylic acid groups (broad SMARTS) is 1. The number of benzene rings is 1. The molecule has 3 amide bonds. The van der Waals surface area contributed by atoms with Crippen molar-refractivity contribution in [2.75, 3.05) is 20.7 Å². The fourth-order valence-corrected chi connectivity index (χ4v) is 3.89. The van der Waals surface area contributed by atoms with Crippen LogP contribution in [-0.4, -0.2) is 63.9 Å². The van der Waals surface area contributed by atoms with Crippen LogP contribution in [0.25, 0.3) is 0 Å². The molecule has 0 spiro atoms. The fourth-order valence-electron chi connectivity index (χ4n) is 3.89. The molecule has 1 atom stereocenters. The van der Waals surface area contributed by atoms with Crippen LogP contribution in [-0.2, 0) is 16.1 Å². The number of carboxylic acids is 1. The number of hydrogen-bond donors (Lipinski definition) is 1. The molecule has 0 saturated carbocycles. The van der Waals surface area contributed by atoms with E-state index in [2.05, 4.69) is 4.99 Å². The number of imide groups is 1. The number of urea groups is 1. The van der Waals surface area contributed by atoms with Gasteiger partial charge in [-0.1, -0.05) is 17.1 Å². The molecule has 0 aliphatic carbocycles. The molecule has 2 aliphatic rings. The molecule has 156 valence electrons. The Morgan fingerprint density at radius 3 is 2.50 bits per heavy atom. The van der Waals surface area contributed by atoms with Crippen LogP contribution in [0.1, 0.15) is 23.0 Å². The van der Waals surface area contributed by atoms with Crippen LogP contribution in [0.5, 0.6) is 5.75 Å². The van der Waals surface area contributed by atoms with Crippen molar-refractivity contribution in [3.05, 3.63) is 41.2 Å². The van der Waals surface area contributed by atoms with Crippen molar-refractivity contribution in [1.29, 1.82) is 0 Å². The van der Waals surface area contributed by atoms with Gasteiger partial charge in [0.1, 0.15) is 23.7 Å². The van der Waals surface area contributed by atoms with Crippen molar-refractivity contribution in [3.8, 4) is 5.75 Å². The summed E-state index contributed by atoms with van der Waals surface area (Å²) < 4.78 is 8.96. The van der Waals surface area contributed by atoms with Gasteiger partial charge < -0.3 is 9.84 Å². The number of nitrogens with zero attached hydrogens (tertiary/aromatic N) is 5. The van der Waals surface area contributed by atoms with Gasteiger partial charge in [-0.25, -0.2) is 18.8 Å². The van der Waals surface area contributed by atoms with E-state index in [-0.39, 0.29) is 0 Å². The first-order chi connectivity index (χ1) is 14.2. The van der Waals surface area contributed by atoms with E-state index in [1.54, 1.807) is 11.7 Å². The number of aliphatic carboxylic acids is 1. The Morgan fingerprint density at radius 2 is 1.90 bits per heavy atom. The summed E-state index contributed by atoms with van der Waals surface area (Å²) in [4.78, 5) is 43.4. The number of carbonyl (C=O) groups is 3. The molecule has 2 aliphatic heterocycles. The maximum Gasteiger partial charge on any atom is 0.402 e. The molecule has 0 radical (unpaired) electrons. The minimum Gasteiger partial charge on any atom is -0.497 e. The van der Waals surface area contributed by atoms with Crippen LogP contribution in [0.4, 0.5) is 10.7 Å². The van der Waals surface area contributed by atoms with Gasteiger partial charge >= 0.3 is 17.9 Å². The lowest BCUT2D eigenvalue weighted by molar-refractivity contribution is -0.680. The molecule has 1 unspecified atom stereocenters. The van der Waals surface area contributed by atoms with Crippen LogP contribution in [0.3, 0.4) is 0 Å². The second kappa shape index (κ2) is 6.97. The number of likely N-dealkylation sites (N-methyl/N-ethyl adjacent to an activating group) is 1. The van der Waals surface area contributed by atoms with Crippen LogP contribution in [0, 0.1) is 13.8 Å². The molecule has 10 heteroatoms. The number of imidazole rings is 1. The normalized spacial score (nSPS) is 17.7. The number of amidine groups is 1. The van der Waals surface area contributed by atoms with E-state index >= 15 is 0 Å². The third-order valence-electron chi connectivity index (χ3n) is 5.62. The van der Waals surface area contributed by atoms with Gasteiger partial charge in [-0.3, -0.25) is 14.5 Å². The SMILES string of the molecule is COc1ccc(C[n+]2c(C)c(C)n3c2N=C2C3C(=O)N(CC(=O)O)C(=O)N2C)cc1. The number of amides is 3. The molecular formula is C20H22N5O5+. The highest BCUT2D eigenvalue weighted by Crippen LogP contribution is 2.35. The van der Waals surface area contributed by atoms with E-state index in [0.29, 0.717) is 18.3 Å². The molecule has 3 heterocycles. The number of fused-ring (bicyclic) bond motifs is 3. The second-order valence-corrected chi connectivity index (χ2v) is 7.31. The summed E-state index contributed by atoms with van der Waals surface area (Å²) in [5.74, 6) is -0.236. The summed E-state index contributed by atoms with van der Waals surface area (Å²) in [5, 5.41) is 9.11. The van der Waals surface area contributed by atoms with E-state index in [1.807, 2.05) is 42.7 Å². The predicted octanol–water partition coefficient (Wildman–Crippen LogP) is 1.01. The van der Waals surface area contributed by atoms with Crippen molar-refractivity contribution >= 4 is 29.7 Å². The molecule has 1 aromatic heterocycles. The lowest BCUT2D eigenvalue weighted by atomic mass is 10.1. The highest BCUT2D eigenvalue weighted by Gasteiger charge is 2.54. The van der Waals surface area contributed by atoms with Gasteiger partial charge in [0, 0.05) is 7.05 Å². The molecule has 2 aromatic rings. The summed E-state index contributed by atoms with van der Waals surface area (Å²) in [7, 11) is 3.11. The van der Waals surface area contributed by atoms with Crippen LogP contribution < -0.4 is 9.30 Å². The lowest BCUT2D eigenvalue weighted by Gasteiger charge is -2.32. The maximum atomic E-state index is 13.1. The number of hydrogen-bond acceptors (Lipinski definition) is 5. The smallest absolute Gasteiger partial charge is 0.402 e. The average Bonchev–Trinajstić information content (AvgIpc) is 3.22. The van der Waals surface area contributed by atoms with Crippen LogP contribution in [0.15, 0.2) is 29.3 Å². The third-order valence-corrected chi connectivity index (χ3v) is 5.62. The standard InChI is InChI=1S/C20H21N5O5/c1-11-12(2)25-16-17(22(3)20(29)24(18(16)28)10-15(26)27)21-19(25)23(11)9-13-5-7-14(30-4)8-6-13/h5-8,16H,9-10H2,1-4H3/p+1. The highest BCUT2D eigenvalue weighted by molar-refractivity contribution is 6.21. The van der Waals surface area contributed by atoms with Crippen LogP contribution >= 0.6 is 0 Å². The number of aliphatic imine (C=N–C) groups is 1. The summed E-state index contributed by atoms with van der Waals surface area (Å²) in [6.45, 7) is 3.66. The topological polar surface area (TPSA) is 108 Å². The predicted molar refractivity (Wildman–Crippen MR) is 105 cm³/mol. The monoisotopic (exact) mass is 412 g/mol. The Kier molecular flexibility index (Phi) is 4.56. The van der Waals surface area contributed by atoms with Gasteiger partial charge in [0.05, 0.1) is 13.7 Å². The first-order valence-electron chi connectivity index (χ1n) is 9.38. The summed E-state index contributed by atoms with van der Waals surface area (Å²) in [6.07, 6.45) is 0. The fraction of sp³-hybridized carbons (Fsp3) is 0.350.